The monoisotopic (exact) mass is 413 g/mol. The zero-order chi connectivity index (χ0) is 12.5. The molecule has 17 heavy (non-hydrogen) atoms. The first-order valence-electron chi connectivity index (χ1n) is 5.49. The van der Waals surface area contributed by atoms with Gasteiger partial charge in [-0.15, -0.1) is 0 Å². The van der Waals surface area contributed by atoms with E-state index in [-0.39, 0.29) is 0 Å². The summed E-state index contributed by atoms with van der Waals surface area (Å²) in [5.74, 6) is 0. The average Bonchev–Trinajstić information content (AvgIpc) is 2.32. The third kappa shape index (κ3) is 6.59. The fourth-order valence-electron chi connectivity index (χ4n) is 1.28. The standard InChI is InChI=1S/C12H17BrINO2/c1-16-6-2-7-17-8-5-15-10-3-4-12(14)11(13)9-10/h3-4,9,15H,2,5-8H2,1H3. The first kappa shape index (κ1) is 15.2. The lowest BCUT2D eigenvalue weighted by Crippen LogP contribution is -2.10. The first-order valence-corrected chi connectivity index (χ1v) is 7.37. The fraction of sp³-hybridized carbons (Fsp3) is 0.500. The second-order valence-corrected chi connectivity index (χ2v) is 5.53. The number of benzene rings is 1. The number of hydrogen-bond acceptors (Lipinski definition) is 3. The molecule has 0 atom stereocenters. The Labute approximate surface area is 125 Å². The maximum Gasteiger partial charge on any atom is 0.0639 e. The van der Waals surface area contributed by atoms with Crippen LogP contribution in [-0.2, 0) is 9.47 Å². The minimum absolute atomic E-state index is 0.716. The van der Waals surface area contributed by atoms with E-state index in [0.29, 0.717) is 6.61 Å². The highest BCUT2D eigenvalue weighted by Crippen LogP contribution is 2.22. The molecule has 0 saturated heterocycles. The third-order valence-electron chi connectivity index (χ3n) is 2.13. The molecule has 0 aliphatic heterocycles. The van der Waals surface area contributed by atoms with Crippen LogP contribution < -0.4 is 5.32 Å². The van der Waals surface area contributed by atoms with Gasteiger partial charge in [-0.25, -0.2) is 0 Å². The Morgan fingerprint density at radius 1 is 1.29 bits per heavy atom. The molecule has 0 aromatic heterocycles. The summed E-state index contributed by atoms with van der Waals surface area (Å²) >= 11 is 5.80. The van der Waals surface area contributed by atoms with Gasteiger partial charge in [-0.1, -0.05) is 0 Å². The molecule has 0 aliphatic rings. The van der Waals surface area contributed by atoms with Crippen LogP contribution in [0.15, 0.2) is 22.7 Å². The van der Waals surface area contributed by atoms with E-state index >= 15 is 0 Å². The molecular formula is C12H17BrINO2. The summed E-state index contributed by atoms with van der Waals surface area (Å²) in [6.45, 7) is 3.05. The summed E-state index contributed by atoms with van der Waals surface area (Å²) in [5, 5.41) is 3.31. The molecule has 0 spiro atoms. The van der Waals surface area contributed by atoms with E-state index in [1.54, 1.807) is 7.11 Å². The molecule has 1 N–H and O–H groups in total. The van der Waals surface area contributed by atoms with Gasteiger partial charge in [0, 0.05) is 40.6 Å². The van der Waals surface area contributed by atoms with Gasteiger partial charge in [-0.2, -0.15) is 0 Å². The van der Waals surface area contributed by atoms with Crippen molar-refractivity contribution in [2.24, 2.45) is 0 Å². The number of methoxy groups -OCH3 is 1. The zero-order valence-electron chi connectivity index (χ0n) is 9.84. The van der Waals surface area contributed by atoms with Gasteiger partial charge >= 0.3 is 0 Å². The summed E-state index contributed by atoms with van der Waals surface area (Å²) < 4.78 is 12.7. The summed E-state index contributed by atoms with van der Waals surface area (Å²) in [6.07, 6.45) is 0.950. The van der Waals surface area contributed by atoms with Crippen molar-refractivity contribution in [3.8, 4) is 0 Å². The zero-order valence-corrected chi connectivity index (χ0v) is 13.6. The van der Waals surface area contributed by atoms with E-state index in [9.17, 15) is 0 Å². The summed E-state index contributed by atoms with van der Waals surface area (Å²) in [5.41, 5.74) is 1.11. The highest BCUT2D eigenvalue weighted by Gasteiger charge is 1.97. The molecule has 0 amide bonds. The van der Waals surface area contributed by atoms with Crippen LogP contribution in [0.3, 0.4) is 0 Å². The Bertz CT molecular complexity index is 336. The predicted molar refractivity (Wildman–Crippen MR) is 82.7 cm³/mol. The van der Waals surface area contributed by atoms with Gasteiger partial charge in [-0.3, -0.25) is 0 Å². The van der Waals surface area contributed by atoms with Crippen molar-refractivity contribution in [3.63, 3.8) is 0 Å². The van der Waals surface area contributed by atoms with Crippen LogP contribution in [0, 0.1) is 3.57 Å². The van der Waals surface area contributed by atoms with Crippen LogP contribution in [0.25, 0.3) is 0 Å². The summed E-state index contributed by atoms with van der Waals surface area (Å²) in [4.78, 5) is 0. The quantitative estimate of drug-likeness (QED) is 0.522. The number of nitrogens with one attached hydrogen (secondary N) is 1. The Hall–Kier alpha value is 0.150. The minimum atomic E-state index is 0.716. The van der Waals surface area contributed by atoms with Crippen molar-refractivity contribution in [1.82, 2.24) is 0 Å². The van der Waals surface area contributed by atoms with Gasteiger partial charge < -0.3 is 14.8 Å². The van der Waals surface area contributed by atoms with Crippen molar-refractivity contribution in [2.45, 2.75) is 6.42 Å². The van der Waals surface area contributed by atoms with Crippen LogP contribution in [-0.4, -0.2) is 33.5 Å². The molecule has 1 aromatic rings. The van der Waals surface area contributed by atoms with Gasteiger partial charge in [0.1, 0.15) is 0 Å². The van der Waals surface area contributed by atoms with Crippen LogP contribution in [0.1, 0.15) is 6.42 Å². The second-order valence-electron chi connectivity index (χ2n) is 3.51. The Balaban J connectivity index is 2.11. The number of halogens is 2. The molecular weight excluding hydrogens is 397 g/mol. The van der Waals surface area contributed by atoms with Crippen LogP contribution >= 0.6 is 38.5 Å². The lowest BCUT2D eigenvalue weighted by atomic mass is 10.3. The highest BCUT2D eigenvalue weighted by molar-refractivity contribution is 14.1. The number of hydrogen-bond donors (Lipinski definition) is 1. The largest absolute Gasteiger partial charge is 0.385 e. The SMILES string of the molecule is COCCCOCCNc1ccc(I)c(Br)c1. The van der Waals surface area contributed by atoms with E-state index in [4.69, 9.17) is 9.47 Å². The molecule has 0 unspecified atom stereocenters. The van der Waals surface area contributed by atoms with E-state index < -0.39 is 0 Å². The molecule has 5 heteroatoms. The van der Waals surface area contributed by atoms with Crippen molar-refractivity contribution in [3.05, 3.63) is 26.2 Å². The first-order chi connectivity index (χ1) is 8.24. The minimum Gasteiger partial charge on any atom is -0.385 e. The Kier molecular flexibility index (Phi) is 8.17. The fourth-order valence-corrected chi connectivity index (χ4v) is 2.00. The van der Waals surface area contributed by atoms with Crippen LogP contribution in [0.2, 0.25) is 0 Å². The molecule has 0 heterocycles. The molecule has 3 nitrogen and oxygen atoms in total. The number of ether oxygens (including phenoxy) is 2. The highest BCUT2D eigenvalue weighted by atomic mass is 127. The van der Waals surface area contributed by atoms with E-state index in [1.165, 1.54) is 3.57 Å². The predicted octanol–water partition coefficient (Wildman–Crippen LogP) is 3.52. The van der Waals surface area contributed by atoms with Crippen molar-refractivity contribution in [1.29, 1.82) is 0 Å². The van der Waals surface area contributed by atoms with Crippen LogP contribution in [0.5, 0.6) is 0 Å². The Morgan fingerprint density at radius 3 is 2.82 bits per heavy atom. The molecule has 0 bridgehead atoms. The van der Waals surface area contributed by atoms with Crippen molar-refractivity contribution < 1.29 is 9.47 Å². The molecule has 96 valence electrons. The van der Waals surface area contributed by atoms with Crippen LogP contribution in [0.4, 0.5) is 5.69 Å². The molecule has 0 saturated carbocycles. The average molecular weight is 414 g/mol. The lowest BCUT2D eigenvalue weighted by molar-refractivity contribution is 0.109. The van der Waals surface area contributed by atoms with Gasteiger partial charge in [0.2, 0.25) is 0 Å². The normalized spacial score (nSPS) is 10.5. The summed E-state index contributed by atoms with van der Waals surface area (Å²) in [6, 6.07) is 6.22. The van der Waals surface area contributed by atoms with Gasteiger partial charge in [0.25, 0.3) is 0 Å². The molecule has 1 aromatic carbocycles. The second kappa shape index (κ2) is 9.13. The van der Waals surface area contributed by atoms with E-state index in [2.05, 4.69) is 62.0 Å². The molecule has 0 aliphatic carbocycles. The molecule has 1 rings (SSSR count). The smallest absolute Gasteiger partial charge is 0.0639 e. The maximum absolute atomic E-state index is 5.46. The maximum atomic E-state index is 5.46. The molecule has 0 radical (unpaired) electrons. The summed E-state index contributed by atoms with van der Waals surface area (Å²) in [7, 11) is 1.70. The topological polar surface area (TPSA) is 30.5 Å². The van der Waals surface area contributed by atoms with E-state index in [0.717, 1.165) is 36.3 Å². The van der Waals surface area contributed by atoms with E-state index in [1.807, 2.05) is 0 Å². The van der Waals surface area contributed by atoms with Gasteiger partial charge in [0.05, 0.1) is 6.61 Å². The molecule has 0 fully saturated rings. The van der Waals surface area contributed by atoms with Gasteiger partial charge in [-0.05, 0) is 63.1 Å². The Morgan fingerprint density at radius 2 is 2.12 bits per heavy atom. The third-order valence-corrected chi connectivity index (χ3v) is 4.47. The van der Waals surface area contributed by atoms with Crippen molar-refractivity contribution in [2.75, 3.05) is 38.8 Å². The number of anilines is 1. The lowest BCUT2D eigenvalue weighted by Gasteiger charge is -2.08. The van der Waals surface area contributed by atoms with Gasteiger partial charge in [0.15, 0.2) is 0 Å². The number of rotatable bonds is 8. The van der Waals surface area contributed by atoms with Crippen molar-refractivity contribution >= 4 is 44.2 Å².